The van der Waals surface area contributed by atoms with Crippen molar-refractivity contribution in [3.05, 3.63) is 0 Å². The minimum absolute atomic E-state index is 0.0767. The third-order valence-corrected chi connectivity index (χ3v) is 2.81. The molecule has 1 heterocycles. The molecule has 1 atom stereocenters. The lowest BCUT2D eigenvalue weighted by Gasteiger charge is -2.35. The number of likely N-dealkylation sites (tertiary alicyclic amines) is 1. The Bertz CT molecular complexity index is 197. The Kier molecular flexibility index (Phi) is 4.35. The summed E-state index contributed by atoms with van der Waals surface area (Å²) in [5.41, 5.74) is 0. The van der Waals surface area contributed by atoms with Crippen LogP contribution in [0, 0.1) is 0 Å². The summed E-state index contributed by atoms with van der Waals surface area (Å²) in [5.74, 6) is 0.0767. The van der Waals surface area contributed by atoms with Crippen LogP contribution in [-0.4, -0.2) is 62.7 Å². The van der Waals surface area contributed by atoms with Crippen LogP contribution < -0.4 is 0 Å². The summed E-state index contributed by atoms with van der Waals surface area (Å²) < 4.78 is 4.84. The largest absolute Gasteiger partial charge is 0.375 e. The fourth-order valence-corrected chi connectivity index (χ4v) is 1.88. The Balaban J connectivity index is 2.42. The van der Waals surface area contributed by atoms with E-state index < -0.39 is 0 Å². The number of likely N-dealkylation sites (N-methyl/N-ethyl adjacent to an activating group) is 2. The molecule has 0 aliphatic carbocycles. The zero-order chi connectivity index (χ0) is 10.6. The summed E-state index contributed by atoms with van der Waals surface area (Å²) in [7, 11) is 5.52. The molecule has 1 amide bonds. The quantitative estimate of drug-likeness (QED) is 0.652. The van der Waals surface area contributed by atoms with Crippen molar-refractivity contribution in [2.45, 2.75) is 18.9 Å². The van der Waals surface area contributed by atoms with E-state index in [0.717, 1.165) is 19.5 Å². The van der Waals surface area contributed by atoms with E-state index in [1.807, 2.05) is 11.9 Å². The first kappa shape index (κ1) is 11.5. The molecule has 0 aromatic carbocycles. The van der Waals surface area contributed by atoms with Gasteiger partial charge >= 0.3 is 0 Å². The number of nitrogens with zero attached hydrogens (tertiary/aromatic N) is 2. The third kappa shape index (κ3) is 2.96. The Labute approximate surface area is 85.8 Å². The van der Waals surface area contributed by atoms with E-state index in [1.54, 1.807) is 7.11 Å². The Hall–Kier alpha value is -0.610. The monoisotopic (exact) mass is 200 g/mol. The number of carbonyl (C=O) groups excluding carboxylic acids is 1. The number of piperidine rings is 1. The second-order valence-electron chi connectivity index (χ2n) is 4.00. The van der Waals surface area contributed by atoms with Gasteiger partial charge in [-0.2, -0.15) is 0 Å². The minimum atomic E-state index is 0.0767. The lowest BCUT2D eigenvalue weighted by molar-refractivity contribution is -0.136. The van der Waals surface area contributed by atoms with Crippen molar-refractivity contribution < 1.29 is 9.53 Å². The van der Waals surface area contributed by atoms with Gasteiger partial charge in [0, 0.05) is 26.7 Å². The fourth-order valence-electron chi connectivity index (χ4n) is 1.88. The predicted molar refractivity (Wildman–Crippen MR) is 55.2 cm³/mol. The molecule has 1 aliphatic heterocycles. The standard InChI is InChI=1S/C10H20N2O2/c1-11-6-4-5-9(7-11)12(2)10(13)8-14-3/h9H,4-8H2,1-3H3. The molecule has 0 bridgehead atoms. The van der Waals surface area contributed by atoms with Crippen LogP contribution in [0.5, 0.6) is 0 Å². The highest BCUT2D eigenvalue weighted by Gasteiger charge is 2.23. The second kappa shape index (κ2) is 5.32. The van der Waals surface area contributed by atoms with Crippen molar-refractivity contribution >= 4 is 5.91 Å². The van der Waals surface area contributed by atoms with Crippen LogP contribution in [0.25, 0.3) is 0 Å². The Morgan fingerprint density at radius 1 is 1.64 bits per heavy atom. The number of methoxy groups -OCH3 is 1. The van der Waals surface area contributed by atoms with Crippen molar-refractivity contribution in [1.29, 1.82) is 0 Å². The highest BCUT2D eigenvalue weighted by Crippen LogP contribution is 2.13. The lowest BCUT2D eigenvalue weighted by atomic mass is 10.1. The Morgan fingerprint density at radius 2 is 2.36 bits per heavy atom. The molecule has 0 spiro atoms. The van der Waals surface area contributed by atoms with Gasteiger partial charge in [0.05, 0.1) is 0 Å². The maximum absolute atomic E-state index is 11.5. The summed E-state index contributed by atoms with van der Waals surface area (Å²) >= 11 is 0. The van der Waals surface area contributed by atoms with Crippen LogP contribution in [0.4, 0.5) is 0 Å². The predicted octanol–water partition coefficient (Wildman–Crippen LogP) is 0.185. The molecule has 4 heteroatoms. The number of hydrogen-bond acceptors (Lipinski definition) is 3. The number of rotatable bonds is 3. The van der Waals surface area contributed by atoms with Crippen molar-refractivity contribution in [1.82, 2.24) is 9.80 Å². The van der Waals surface area contributed by atoms with Gasteiger partial charge in [-0.3, -0.25) is 4.79 Å². The molecule has 0 aromatic heterocycles. The van der Waals surface area contributed by atoms with Gasteiger partial charge in [0.25, 0.3) is 0 Å². The first-order valence-electron chi connectivity index (χ1n) is 5.08. The Morgan fingerprint density at radius 3 is 2.93 bits per heavy atom. The molecule has 0 aromatic rings. The zero-order valence-electron chi connectivity index (χ0n) is 9.32. The topological polar surface area (TPSA) is 32.8 Å². The molecule has 0 N–H and O–H groups in total. The number of carbonyl (C=O) groups is 1. The van der Waals surface area contributed by atoms with Gasteiger partial charge in [-0.05, 0) is 26.4 Å². The van der Waals surface area contributed by atoms with Gasteiger partial charge in [0.2, 0.25) is 5.91 Å². The molecule has 1 rings (SSSR count). The first-order chi connectivity index (χ1) is 6.65. The molecule has 1 saturated heterocycles. The van der Waals surface area contributed by atoms with E-state index in [2.05, 4.69) is 11.9 Å². The number of ether oxygens (including phenoxy) is 1. The van der Waals surface area contributed by atoms with Gasteiger partial charge in [-0.1, -0.05) is 0 Å². The van der Waals surface area contributed by atoms with E-state index in [4.69, 9.17) is 4.74 Å². The first-order valence-corrected chi connectivity index (χ1v) is 5.08. The normalized spacial score (nSPS) is 23.5. The smallest absolute Gasteiger partial charge is 0.248 e. The van der Waals surface area contributed by atoms with E-state index in [9.17, 15) is 4.79 Å². The van der Waals surface area contributed by atoms with E-state index in [0.29, 0.717) is 6.04 Å². The number of hydrogen-bond donors (Lipinski definition) is 0. The van der Waals surface area contributed by atoms with Crippen LogP contribution >= 0.6 is 0 Å². The molecule has 1 fully saturated rings. The van der Waals surface area contributed by atoms with Crippen LogP contribution in [0.2, 0.25) is 0 Å². The number of amides is 1. The van der Waals surface area contributed by atoms with Gasteiger partial charge in [-0.25, -0.2) is 0 Å². The van der Waals surface area contributed by atoms with Crippen molar-refractivity contribution in [3.63, 3.8) is 0 Å². The molecule has 14 heavy (non-hydrogen) atoms. The SMILES string of the molecule is COCC(=O)N(C)C1CCCN(C)C1. The molecule has 82 valence electrons. The molecule has 4 nitrogen and oxygen atoms in total. The fraction of sp³-hybridized carbons (Fsp3) is 0.900. The molecular weight excluding hydrogens is 180 g/mol. The molecule has 0 saturated carbocycles. The van der Waals surface area contributed by atoms with Crippen molar-refractivity contribution in [2.24, 2.45) is 0 Å². The molecule has 1 aliphatic rings. The molecular formula is C10H20N2O2. The van der Waals surface area contributed by atoms with Gasteiger partial charge < -0.3 is 14.5 Å². The van der Waals surface area contributed by atoms with Gasteiger partial charge in [-0.15, -0.1) is 0 Å². The third-order valence-electron chi connectivity index (χ3n) is 2.81. The maximum atomic E-state index is 11.5. The van der Waals surface area contributed by atoms with Crippen LogP contribution in [0.1, 0.15) is 12.8 Å². The van der Waals surface area contributed by atoms with Gasteiger partial charge in [0.15, 0.2) is 0 Å². The van der Waals surface area contributed by atoms with Crippen molar-refractivity contribution in [2.75, 3.05) is 40.9 Å². The van der Waals surface area contributed by atoms with Gasteiger partial charge in [0.1, 0.15) is 6.61 Å². The summed E-state index contributed by atoms with van der Waals surface area (Å²) in [6.45, 7) is 2.31. The summed E-state index contributed by atoms with van der Waals surface area (Å²) in [4.78, 5) is 15.6. The minimum Gasteiger partial charge on any atom is -0.375 e. The summed E-state index contributed by atoms with van der Waals surface area (Å²) in [5, 5.41) is 0. The van der Waals surface area contributed by atoms with E-state index in [1.165, 1.54) is 6.42 Å². The summed E-state index contributed by atoms with van der Waals surface area (Å²) in [6, 6.07) is 0.358. The van der Waals surface area contributed by atoms with Crippen LogP contribution in [0.3, 0.4) is 0 Å². The zero-order valence-corrected chi connectivity index (χ0v) is 9.32. The van der Waals surface area contributed by atoms with Crippen molar-refractivity contribution in [3.8, 4) is 0 Å². The van der Waals surface area contributed by atoms with Crippen LogP contribution in [0.15, 0.2) is 0 Å². The highest BCUT2D eigenvalue weighted by atomic mass is 16.5. The average molecular weight is 200 g/mol. The average Bonchev–Trinajstić information content (AvgIpc) is 2.17. The lowest BCUT2D eigenvalue weighted by Crippen LogP contribution is -2.48. The summed E-state index contributed by atoms with van der Waals surface area (Å²) in [6.07, 6.45) is 2.28. The van der Waals surface area contributed by atoms with Crippen LogP contribution in [-0.2, 0) is 9.53 Å². The maximum Gasteiger partial charge on any atom is 0.248 e. The molecule has 0 radical (unpaired) electrons. The van der Waals surface area contributed by atoms with E-state index in [-0.39, 0.29) is 12.5 Å². The molecule has 1 unspecified atom stereocenters. The second-order valence-corrected chi connectivity index (χ2v) is 4.00. The van der Waals surface area contributed by atoms with E-state index >= 15 is 0 Å². The highest BCUT2D eigenvalue weighted by molar-refractivity contribution is 5.77.